The fourth-order valence-electron chi connectivity index (χ4n) is 4.59. The second-order valence-corrected chi connectivity index (χ2v) is 7.72. The average molecular weight is 276 g/mol. The quantitative estimate of drug-likeness (QED) is 0.662. The van der Waals surface area contributed by atoms with Crippen LogP contribution in [0, 0.1) is 11.3 Å². The zero-order valence-corrected chi connectivity index (χ0v) is 13.1. The highest BCUT2D eigenvalue weighted by Crippen LogP contribution is 2.55. The second-order valence-electron chi connectivity index (χ2n) is 7.72. The maximum atomic E-state index is 11.4. The van der Waals surface area contributed by atoms with Crippen LogP contribution in [0.4, 0.5) is 0 Å². The highest BCUT2D eigenvalue weighted by Gasteiger charge is 2.55. The van der Waals surface area contributed by atoms with E-state index in [9.17, 15) is 10.2 Å². The summed E-state index contributed by atoms with van der Waals surface area (Å²) >= 11 is 0. The summed E-state index contributed by atoms with van der Waals surface area (Å²) in [6.45, 7) is 6.28. The Labute approximate surface area is 122 Å². The number of aliphatic hydroxyl groups is 2. The third-order valence-electron chi connectivity index (χ3n) is 6.43. The fourth-order valence-corrected chi connectivity index (χ4v) is 4.59. The summed E-state index contributed by atoms with van der Waals surface area (Å²) in [7, 11) is 0. The minimum atomic E-state index is -1.01. The molecule has 2 heteroatoms. The number of allylic oxidation sites excluding steroid dienone is 2. The molecule has 0 aliphatic heterocycles. The Hall–Kier alpha value is -0.600. The SMILES string of the molecule is CC1=CC[C@H]2CC3=C(CCCC3)C[C@](O)([C@H]1O)C2(C)C. The maximum Gasteiger partial charge on any atom is 0.104 e. The van der Waals surface area contributed by atoms with Crippen molar-refractivity contribution in [3.8, 4) is 0 Å². The van der Waals surface area contributed by atoms with Crippen LogP contribution in [0.25, 0.3) is 0 Å². The van der Waals surface area contributed by atoms with Gasteiger partial charge in [-0.25, -0.2) is 0 Å². The van der Waals surface area contributed by atoms with E-state index in [2.05, 4.69) is 19.9 Å². The van der Waals surface area contributed by atoms with Crippen molar-refractivity contribution in [3.05, 3.63) is 22.8 Å². The molecule has 3 aliphatic rings. The Morgan fingerprint density at radius 3 is 2.50 bits per heavy atom. The van der Waals surface area contributed by atoms with Crippen LogP contribution in [0.15, 0.2) is 22.8 Å². The van der Waals surface area contributed by atoms with Gasteiger partial charge in [-0.3, -0.25) is 0 Å². The third kappa shape index (κ3) is 1.92. The van der Waals surface area contributed by atoms with Gasteiger partial charge in [0.1, 0.15) is 11.7 Å². The summed E-state index contributed by atoms with van der Waals surface area (Å²) in [6.07, 6.45) is 9.05. The van der Waals surface area contributed by atoms with E-state index in [0.29, 0.717) is 12.3 Å². The van der Waals surface area contributed by atoms with E-state index in [4.69, 9.17) is 0 Å². The van der Waals surface area contributed by atoms with Crippen molar-refractivity contribution in [1.82, 2.24) is 0 Å². The molecule has 20 heavy (non-hydrogen) atoms. The predicted molar refractivity (Wildman–Crippen MR) is 81.3 cm³/mol. The van der Waals surface area contributed by atoms with Crippen molar-refractivity contribution in [1.29, 1.82) is 0 Å². The van der Waals surface area contributed by atoms with E-state index in [1.165, 1.54) is 24.8 Å². The van der Waals surface area contributed by atoms with Gasteiger partial charge in [-0.15, -0.1) is 0 Å². The van der Waals surface area contributed by atoms with E-state index < -0.39 is 11.7 Å². The first kappa shape index (κ1) is 14.3. The summed E-state index contributed by atoms with van der Waals surface area (Å²) in [4.78, 5) is 0. The molecule has 0 fully saturated rings. The Balaban J connectivity index is 2.10. The van der Waals surface area contributed by atoms with Gasteiger partial charge in [0.15, 0.2) is 0 Å². The highest BCUT2D eigenvalue weighted by atomic mass is 16.3. The largest absolute Gasteiger partial charge is 0.386 e. The lowest BCUT2D eigenvalue weighted by molar-refractivity contribution is -0.149. The van der Waals surface area contributed by atoms with Crippen LogP contribution >= 0.6 is 0 Å². The molecule has 0 aromatic carbocycles. The van der Waals surface area contributed by atoms with Crippen molar-refractivity contribution >= 4 is 0 Å². The summed E-state index contributed by atoms with van der Waals surface area (Å²) in [5.41, 5.74) is 2.72. The monoisotopic (exact) mass is 276 g/mol. The van der Waals surface area contributed by atoms with Gasteiger partial charge in [0, 0.05) is 11.8 Å². The molecule has 0 aromatic heterocycles. The molecule has 0 radical (unpaired) electrons. The van der Waals surface area contributed by atoms with E-state index >= 15 is 0 Å². The number of hydrogen-bond acceptors (Lipinski definition) is 2. The van der Waals surface area contributed by atoms with Gasteiger partial charge in [0.05, 0.1) is 0 Å². The average Bonchev–Trinajstić information content (AvgIpc) is 2.53. The number of rotatable bonds is 0. The second kappa shape index (κ2) is 4.71. The molecule has 3 atom stereocenters. The maximum absolute atomic E-state index is 11.4. The zero-order chi connectivity index (χ0) is 14.5. The zero-order valence-electron chi connectivity index (χ0n) is 13.1. The van der Waals surface area contributed by atoms with Gasteiger partial charge in [-0.2, -0.15) is 0 Å². The summed E-state index contributed by atoms with van der Waals surface area (Å²) in [6, 6.07) is 0. The molecule has 0 unspecified atom stereocenters. The predicted octanol–water partition coefficient (Wildman–Crippen LogP) is 3.74. The number of aliphatic hydroxyl groups excluding tert-OH is 1. The number of hydrogen-bond donors (Lipinski definition) is 2. The smallest absolute Gasteiger partial charge is 0.104 e. The fraction of sp³-hybridized carbons (Fsp3) is 0.778. The number of fused-ring (bicyclic) bond motifs is 2. The third-order valence-corrected chi connectivity index (χ3v) is 6.43. The summed E-state index contributed by atoms with van der Waals surface area (Å²) in [5, 5.41) is 22.2. The molecule has 0 spiro atoms. The van der Waals surface area contributed by atoms with Crippen molar-refractivity contribution in [2.75, 3.05) is 0 Å². The van der Waals surface area contributed by atoms with Crippen molar-refractivity contribution in [2.24, 2.45) is 11.3 Å². The minimum Gasteiger partial charge on any atom is -0.386 e. The Morgan fingerprint density at radius 2 is 1.80 bits per heavy atom. The van der Waals surface area contributed by atoms with Crippen LogP contribution in [0.2, 0.25) is 0 Å². The van der Waals surface area contributed by atoms with Crippen LogP contribution in [0.3, 0.4) is 0 Å². The van der Waals surface area contributed by atoms with Crippen LogP contribution in [-0.2, 0) is 0 Å². The lowest BCUT2D eigenvalue weighted by atomic mass is 9.62. The Bertz CT molecular complexity index is 472. The topological polar surface area (TPSA) is 40.5 Å². The first-order chi connectivity index (χ1) is 9.36. The van der Waals surface area contributed by atoms with Crippen molar-refractivity contribution < 1.29 is 10.2 Å². The minimum absolute atomic E-state index is 0.252. The van der Waals surface area contributed by atoms with Gasteiger partial charge in [0.2, 0.25) is 0 Å². The van der Waals surface area contributed by atoms with Gasteiger partial charge in [0.25, 0.3) is 0 Å². The normalized spacial score (nSPS) is 40.5. The van der Waals surface area contributed by atoms with E-state index in [-0.39, 0.29) is 5.41 Å². The molecular formula is C18H28O2. The van der Waals surface area contributed by atoms with Crippen LogP contribution in [-0.4, -0.2) is 21.9 Å². The molecule has 3 aliphatic carbocycles. The molecule has 3 rings (SSSR count). The van der Waals surface area contributed by atoms with Gasteiger partial charge >= 0.3 is 0 Å². The molecule has 112 valence electrons. The lowest BCUT2D eigenvalue weighted by Gasteiger charge is -2.47. The Morgan fingerprint density at radius 1 is 1.15 bits per heavy atom. The van der Waals surface area contributed by atoms with E-state index in [0.717, 1.165) is 24.8 Å². The Kier molecular flexibility index (Phi) is 3.38. The molecule has 2 N–H and O–H groups in total. The molecular weight excluding hydrogens is 248 g/mol. The van der Waals surface area contributed by atoms with Crippen LogP contribution in [0.5, 0.6) is 0 Å². The molecule has 0 saturated carbocycles. The van der Waals surface area contributed by atoms with Crippen molar-refractivity contribution in [3.63, 3.8) is 0 Å². The van der Waals surface area contributed by atoms with E-state index in [1.807, 2.05) is 6.92 Å². The first-order valence-corrected chi connectivity index (χ1v) is 8.13. The van der Waals surface area contributed by atoms with Crippen LogP contribution in [0.1, 0.15) is 65.7 Å². The van der Waals surface area contributed by atoms with Gasteiger partial charge in [-0.1, -0.05) is 31.1 Å². The molecule has 0 saturated heterocycles. The molecule has 0 heterocycles. The summed E-state index contributed by atoms with van der Waals surface area (Å²) in [5.74, 6) is 0.435. The molecule has 0 aromatic rings. The highest BCUT2D eigenvalue weighted by molar-refractivity contribution is 5.30. The lowest BCUT2D eigenvalue weighted by Crippen LogP contribution is -2.55. The first-order valence-electron chi connectivity index (χ1n) is 8.13. The van der Waals surface area contributed by atoms with Gasteiger partial charge < -0.3 is 10.2 Å². The van der Waals surface area contributed by atoms with Crippen molar-refractivity contribution in [2.45, 2.75) is 77.4 Å². The standard InChI is InChI=1S/C18H28O2/c1-12-8-9-15-10-13-6-4-5-7-14(13)11-18(20,16(12)19)17(15,2)3/h8,15-16,19-20H,4-7,9-11H2,1-3H3/t15-,16-,18-/m0/s1. The molecule has 2 bridgehead atoms. The van der Waals surface area contributed by atoms with Crippen LogP contribution < -0.4 is 0 Å². The molecule has 2 nitrogen and oxygen atoms in total. The van der Waals surface area contributed by atoms with Gasteiger partial charge in [-0.05, 0) is 56.9 Å². The summed E-state index contributed by atoms with van der Waals surface area (Å²) < 4.78 is 0. The van der Waals surface area contributed by atoms with E-state index in [1.54, 1.807) is 5.57 Å². The molecule has 0 amide bonds.